The fourth-order valence-electron chi connectivity index (χ4n) is 0.743. The molecule has 0 bridgehead atoms. The fraction of sp³-hybridized carbons (Fsp3) is 0.143. The molecule has 0 radical (unpaired) electrons. The van der Waals surface area contributed by atoms with Crippen molar-refractivity contribution in [2.45, 2.75) is 6.54 Å². The molecule has 0 unspecified atom stereocenters. The average molecular weight is 167 g/mol. The van der Waals surface area contributed by atoms with E-state index in [9.17, 15) is 4.79 Å². The molecule has 0 atom stereocenters. The molecule has 0 spiro atoms. The lowest BCUT2D eigenvalue weighted by Crippen LogP contribution is -2.08. The third-order valence-electron chi connectivity index (χ3n) is 1.29. The maximum Gasteiger partial charge on any atom is 0.409 e. The zero-order valence-corrected chi connectivity index (χ0v) is 6.32. The van der Waals surface area contributed by atoms with Gasteiger partial charge in [-0.25, -0.2) is 4.79 Å². The first-order chi connectivity index (χ1) is 5.72. The van der Waals surface area contributed by atoms with Gasteiger partial charge in [-0.3, -0.25) is 10.3 Å². The molecule has 1 rings (SSSR count). The molecule has 0 aliphatic rings. The summed E-state index contributed by atoms with van der Waals surface area (Å²) in [7, 11) is 0. The minimum atomic E-state index is -1.10. The van der Waals surface area contributed by atoms with Crippen LogP contribution in [0.15, 0.2) is 18.3 Å². The zero-order chi connectivity index (χ0) is 8.97. The number of hydrogen-bond donors (Lipinski definition) is 3. The Morgan fingerprint density at radius 2 is 2.42 bits per heavy atom. The van der Waals surface area contributed by atoms with E-state index < -0.39 is 6.09 Å². The number of pyridine rings is 1. The number of amides is 1. The molecule has 0 saturated heterocycles. The molecule has 1 aromatic rings. The number of nitrogens with one attached hydrogen (secondary N) is 1. The van der Waals surface area contributed by atoms with E-state index in [1.54, 1.807) is 12.1 Å². The SMILES string of the molecule is NCc1ccc(NC(=O)O)cn1. The molecule has 0 aliphatic heterocycles. The van der Waals surface area contributed by atoms with Crippen molar-refractivity contribution in [2.75, 3.05) is 5.32 Å². The Balaban J connectivity index is 2.71. The van der Waals surface area contributed by atoms with Gasteiger partial charge in [0.15, 0.2) is 0 Å². The van der Waals surface area contributed by atoms with Crippen molar-refractivity contribution < 1.29 is 9.90 Å². The Hall–Kier alpha value is -1.62. The van der Waals surface area contributed by atoms with E-state index in [0.717, 1.165) is 5.69 Å². The van der Waals surface area contributed by atoms with E-state index in [1.165, 1.54) is 6.20 Å². The van der Waals surface area contributed by atoms with Crippen LogP contribution in [0.4, 0.5) is 10.5 Å². The number of carboxylic acid groups (broad SMARTS) is 1. The van der Waals surface area contributed by atoms with Crippen molar-refractivity contribution >= 4 is 11.8 Å². The molecule has 12 heavy (non-hydrogen) atoms. The molecule has 1 heterocycles. The number of anilines is 1. The van der Waals surface area contributed by atoms with Crippen LogP contribution in [-0.2, 0) is 6.54 Å². The van der Waals surface area contributed by atoms with Gasteiger partial charge in [-0.15, -0.1) is 0 Å². The quantitative estimate of drug-likeness (QED) is 0.602. The van der Waals surface area contributed by atoms with Gasteiger partial charge in [0, 0.05) is 6.54 Å². The molecular weight excluding hydrogens is 158 g/mol. The lowest BCUT2D eigenvalue weighted by Gasteiger charge is -2.00. The van der Waals surface area contributed by atoms with Gasteiger partial charge in [-0.1, -0.05) is 0 Å². The number of nitrogens with zero attached hydrogens (tertiary/aromatic N) is 1. The Bertz CT molecular complexity index is 270. The smallest absolute Gasteiger partial charge is 0.409 e. The van der Waals surface area contributed by atoms with Crippen LogP contribution in [-0.4, -0.2) is 16.2 Å². The van der Waals surface area contributed by atoms with Gasteiger partial charge in [-0.2, -0.15) is 0 Å². The summed E-state index contributed by atoms with van der Waals surface area (Å²) in [6.45, 7) is 0.355. The van der Waals surface area contributed by atoms with Crippen molar-refractivity contribution in [2.24, 2.45) is 5.73 Å². The van der Waals surface area contributed by atoms with Gasteiger partial charge in [0.05, 0.1) is 17.6 Å². The highest BCUT2D eigenvalue weighted by atomic mass is 16.4. The predicted octanol–water partition coefficient (Wildman–Crippen LogP) is 0.630. The molecule has 5 heteroatoms. The molecule has 64 valence electrons. The monoisotopic (exact) mass is 167 g/mol. The maximum atomic E-state index is 10.2. The molecule has 1 aromatic heterocycles. The number of rotatable bonds is 2. The summed E-state index contributed by atoms with van der Waals surface area (Å²) in [5.74, 6) is 0. The summed E-state index contributed by atoms with van der Waals surface area (Å²) in [6, 6.07) is 3.29. The second-order valence-electron chi connectivity index (χ2n) is 2.17. The van der Waals surface area contributed by atoms with E-state index in [4.69, 9.17) is 10.8 Å². The highest BCUT2D eigenvalue weighted by molar-refractivity contribution is 5.82. The van der Waals surface area contributed by atoms with Crippen LogP contribution in [0.5, 0.6) is 0 Å². The van der Waals surface area contributed by atoms with Crippen LogP contribution in [0.2, 0.25) is 0 Å². The maximum absolute atomic E-state index is 10.2. The fourth-order valence-corrected chi connectivity index (χ4v) is 0.743. The van der Waals surface area contributed by atoms with E-state index in [-0.39, 0.29) is 0 Å². The molecule has 0 fully saturated rings. The summed E-state index contributed by atoms with van der Waals surface area (Å²) < 4.78 is 0. The van der Waals surface area contributed by atoms with Gasteiger partial charge in [0.2, 0.25) is 0 Å². The van der Waals surface area contributed by atoms with Crippen LogP contribution in [0.3, 0.4) is 0 Å². The normalized spacial score (nSPS) is 9.42. The molecule has 0 saturated carbocycles. The first-order valence-corrected chi connectivity index (χ1v) is 3.37. The first-order valence-electron chi connectivity index (χ1n) is 3.37. The van der Waals surface area contributed by atoms with Crippen LogP contribution >= 0.6 is 0 Å². The Morgan fingerprint density at radius 3 is 2.83 bits per heavy atom. The number of aromatic nitrogens is 1. The van der Waals surface area contributed by atoms with Gasteiger partial charge < -0.3 is 10.8 Å². The summed E-state index contributed by atoms with van der Waals surface area (Å²) in [6.07, 6.45) is 0.327. The van der Waals surface area contributed by atoms with Crippen molar-refractivity contribution in [1.29, 1.82) is 0 Å². The van der Waals surface area contributed by atoms with Crippen molar-refractivity contribution in [3.63, 3.8) is 0 Å². The molecule has 5 nitrogen and oxygen atoms in total. The van der Waals surface area contributed by atoms with Crippen LogP contribution in [0, 0.1) is 0 Å². The van der Waals surface area contributed by atoms with Crippen molar-refractivity contribution in [1.82, 2.24) is 4.98 Å². The summed E-state index contributed by atoms with van der Waals surface area (Å²) >= 11 is 0. The summed E-state index contributed by atoms with van der Waals surface area (Å²) in [5.41, 5.74) is 6.47. The minimum absolute atomic E-state index is 0.355. The number of carbonyl (C=O) groups is 1. The Labute approximate surface area is 69.2 Å². The molecule has 4 N–H and O–H groups in total. The van der Waals surface area contributed by atoms with Crippen LogP contribution in [0.1, 0.15) is 5.69 Å². The largest absolute Gasteiger partial charge is 0.465 e. The number of hydrogen-bond acceptors (Lipinski definition) is 3. The summed E-state index contributed by atoms with van der Waals surface area (Å²) in [5, 5.41) is 10.5. The lowest BCUT2D eigenvalue weighted by molar-refractivity contribution is 0.209. The van der Waals surface area contributed by atoms with Crippen molar-refractivity contribution in [3.05, 3.63) is 24.0 Å². The zero-order valence-electron chi connectivity index (χ0n) is 6.32. The molecule has 0 aliphatic carbocycles. The Morgan fingerprint density at radius 1 is 1.67 bits per heavy atom. The topological polar surface area (TPSA) is 88.2 Å². The van der Waals surface area contributed by atoms with E-state index >= 15 is 0 Å². The standard InChI is InChI=1S/C7H9N3O2/c8-3-5-1-2-6(4-9-5)10-7(11)12/h1-2,4,10H,3,8H2,(H,11,12). The Kier molecular flexibility index (Phi) is 2.60. The van der Waals surface area contributed by atoms with Crippen molar-refractivity contribution in [3.8, 4) is 0 Å². The third-order valence-corrected chi connectivity index (χ3v) is 1.29. The first kappa shape index (κ1) is 8.48. The summed E-state index contributed by atoms with van der Waals surface area (Å²) in [4.78, 5) is 14.1. The molecule has 0 aromatic carbocycles. The van der Waals surface area contributed by atoms with Crippen LogP contribution < -0.4 is 11.1 Å². The lowest BCUT2D eigenvalue weighted by atomic mass is 10.3. The second-order valence-corrected chi connectivity index (χ2v) is 2.17. The average Bonchev–Trinajstić information content (AvgIpc) is 2.05. The van der Waals surface area contributed by atoms with E-state index in [1.807, 2.05) is 0 Å². The predicted molar refractivity (Wildman–Crippen MR) is 43.8 cm³/mol. The molecular formula is C7H9N3O2. The highest BCUT2D eigenvalue weighted by Crippen LogP contribution is 2.04. The van der Waals surface area contributed by atoms with Gasteiger partial charge in [0.1, 0.15) is 0 Å². The highest BCUT2D eigenvalue weighted by Gasteiger charge is 1.97. The second kappa shape index (κ2) is 3.68. The number of nitrogens with two attached hydrogens (primary N) is 1. The van der Waals surface area contributed by atoms with Crippen LogP contribution in [0.25, 0.3) is 0 Å². The van der Waals surface area contributed by atoms with Gasteiger partial charge in [0.25, 0.3) is 0 Å². The van der Waals surface area contributed by atoms with E-state index in [0.29, 0.717) is 12.2 Å². The van der Waals surface area contributed by atoms with E-state index in [2.05, 4.69) is 10.3 Å². The molecule has 1 amide bonds. The van der Waals surface area contributed by atoms with Gasteiger partial charge in [-0.05, 0) is 12.1 Å². The minimum Gasteiger partial charge on any atom is -0.465 e. The third kappa shape index (κ3) is 2.21. The van der Waals surface area contributed by atoms with Gasteiger partial charge >= 0.3 is 6.09 Å².